The second kappa shape index (κ2) is 6.23. The molecule has 0 bridgehead atoms. The zero-order chi connectivity index (χ0) is 14.7. The Hall–Kier alpha value is -1.93. The van der Waals surface area contributed by atoms with Gasteiger partial charge >= 0.3 is 0 Å². The van der Waals surface area contributed by atoms with Gasteiger partial charge in [0.25, 0.3) is 0 Å². The molecule has 0 radical (unpaired) electrons. The minimum absolute atomic E-state index is 0.768. The van der Waals surface area contributed by atoms with Crippen molar-refractivity contribution in [1.29, 1.82) is 0 Å². The summed E-state index contributed by atoms with van der Waals surface area (Å²) in [6, 6.07) is 16.5. The molecule has 0 aliphatic rings. The molecule has 1 N–H and O–H groups in total. The number of para-hydroxylation sites is 1. The number of rotatable bonds is 5. The van der Waals surface area contributed by atoms with Crippen molar-refractivity contribution in [3.8, 4) is 0 Å². The van der Waals surface area contributed by atoms with E-state index in [-0.39, 0.29) is 0 Å². The molecular weight excluding hydrogens is 280 g/mol. The predicted molar refractivity (Wildman–Crippen MR) is 91.3 cm³/mol. The summed E-state index contributed by atoms with van der Waals surface area (Å²) >= 11 is 5.89. The lowest BCUT2D eigenvalue weighted by Gasteiger charge is -2.11. The highest BCUT2D eigenvalue weighted by Gasteiger charge is 2.04. The number of aromatic nitrogens is 1. The molecule has 2 aromatic carbocycles. The van der Waals surface area contributed by atoms with Gasteiger partial charge in [-0.25, -0.2) is 0 Å². The number of hydrogen-bond acceptors (Lipinski definition) is 1. The molecule has 0 aliphatic carbocycles. The van der Waals surface area contributed by atoms with Crippen LogP contribution in [0.15, 0.2) is 54.7 Å². The van der Waals surface area contributed by atoms with Crippen molar-refractivity contribution in [2.24, 2.45) is 0 Å². The number of anilines is 1. The molecule has 3 rings (SSSR count). The summed E-state index contributed by atoms with van der Waals surface area (Å²) in [6.45, 7) is 4.05. The third-order valence-electron chi connectivity index (χ3n) is 3.78. The van der Waals surface area contributed by atoms with Crippen LogP contribution in [0.4, 0.5) is 5.69 Å². The van der Waals surface area contributed by atoms with Gasteiger partial charge in [0.1, 0.15) is 0 Å². The summed E-state index contributed by atoms with van der Waals surface area (Å²) in [5.41, 5.74) is 3.87. The Kier molecular flexibility index (Phi) is 4.16. The minimum atomic E-state index is 0.768. The number of nitrogens with zero attached hydrogens (tertiary/aromatic N) is 1. The summed E-state index contributed by atoms with van der Waals surface area (Å²) in [5.74, 6) is 0. The van der Waals surface area contributed by atoms with Gasteiger partial charge in [-0.15, -0.1) is 0 Å². The Labute approximate surface area is 130 Å². The van der Waals surface area contributed by atoms with Crippen LogP contribution in [0.3, 0.4) is 0 Å². The Morgan fingerprint density at radius 3 is 2.62 bits per heavy atom. The van der Waals surface area contributed by atoms with Crippen molar-refractivity contribution in [2.45, 2.75) is 19.9 Å². The van der Waals surface area contributed by atoms with Crippen LogP contribution in [0.5, 0.6) is 0 Å². The fraction of sp³-hybridized carbons (Fsp3) is 0.222. The molecule has 0 saturated heterocycles. The predicted octanol–water partition coefficient (Wildman–Crippen LogP) is 4.97. The van der Waals surface area contributed by atoms with E-state index in [1.54, 1.807) is 0 Å². The SMILES string of the molecule is CCc1cccc2ccn(CCNc3ccc(Cl)cc3)c12. The molecule has 3 heteroatoms. The molecule has 0 saturated carbocycles. The van der Waals surface area contributed by atoms with Crippen LogP contribution in [-0.4, -0.2) is 11.1 Å². The molecule has 0 fully saturated rings. The van der Waals surface area contributed by atoms with Crippen LogP contribution in [0.2, 0.25) is 5.02 Å². The summed E-state index contributed by atoms with van der Waals surface area (Å²) in [6.07, 6.45) is 3.24. The fourth-order valence-electron chi connectivity index (χ4n) is 2.70. The van der Waals surface area contributed by atoms with Gasteiger partial charge in [-0.3, -0.25) is 0 Å². The second-order valence-electron chi connectivity index (χ2n) is 5.15. The number of hydrogen-bond donors (Lipinski definition) is 1. The average molecular weight is 299 g/mol. The molecule has 2 nitrogen and oxygen atoms in total. The summed E-state index contributed by atoms with van der Waals surface area (Å²) in [7, 11) is 0. The van der Waals surface area contributed by atoms with E-state index in [1.165, 1.54) is 16.5 Å². The van der Waals surface area contributed by atoms with E-state index in [0.717, 1.165) is 30.2 Å². The number of nitrogens with one attached hydrogen (secondary N) is 1. The first kappa shape index (κ1) is 14.0. The highest BCUT2D eigenvalue weighted by atomic mass is 35.5. The fourth-order valence-corrected chi connectivity index (χ4v) is 2.83. The summed E-state index contributed by atoms with van der Waals surface area (Å²) in [5, 5.41) is 5.52. The first-order chi connectivity index (χ1) is 10.3. The topological polar surface area (TPSA) is 17.0 Å². The minimum Gasteiger partial charge on any atom is -0.383 e. The third kappa shape index (κ3) is 3.06. The second-order valence-corrected chi connectivity index (χ2v) is 5.59. The Balaban J connectivity index is 1.72. The molecule has 0 spiro atoms. The molecular formula is C18H19ClN2. The lowest BCUT2D eigenvalue weighted by molar-refractivity contribution is 0.754. The van der Waals surface area contributed by atoms with Crippen molar-refractivity contribution < 1.29 is 0 Å². The van der Waals surface area contributed by atoms with Gasteiger partial charge in [-0.2, -0.15) is 0 Å². The molecule has 21 heavy (non-hydrogen) atoms. The molecule has 0 unspecified atom stereocenters. The van der Waals surface area contributed by atoms with Gasteiger partial charge in [0.2, 0.25) is 0 Å². The normalized spacial score (nSPS) is 11.0. The van der Waals surface area contributed by atoms with Crippen molar-refractivity contribution in [2.75, 3.05) is 11.9 Å². The lowest BCUT2D eigenvalue weighted by atomic mass is 10.1. The van der Waals surface area contributed by atoms with Gasteiger partial charge in [0.15, 0.2) is 0 Å². The lowest BCUT2D eigenvalue weighted by Crippen LogP contribution is -2.10. The quantitative estimate of drug-likeness (QED) is 0.704. The number of benzene rings is 2. The first-order valence-electron chi connectivity index (χ1n) is 7.34. The monoisotopic (exact) mass is 298 g/mol. The molecule has 3 aromatic rings. The zero-order valence-corrected chi connectivity index (χ0v) is 12.9. The van der Waals surface area contributed by atoms with Crippen molar-refractivity contribution in [3.05, 3.63) is 65.3 Å². The zero-order valence-electron chi connectivity index (χ0n) is 12.1. The van der Waals surface area contributed by atoms with Gasteiger partial charge in [0.05, 0.1) is 5.52 Å². The number of aryl methyl sites for hydroxylation is 1. The van der Waals surface area contributed by atoms with Crippen LogP contribution < -0.4 is 5.32 Å². The number of halogens is 1. The summed E-state index contributed by atoms with van der Waals surface area (Å²) in [4.78, 5) is 0. The van der Waals surface area contributed by atoms with E-state index in [0.29, 0.717) is 0 Å². The first-order valence-corrected chi connectivity index (χ1v) is 7.72. The molecule has 1 aromatic heterocycles. The Morgan fingerprint density at radius 2 is 1.86 bits per heavy atom. The third-order valence-corrected chi connectivity index (χ3v) is 4.03. The molecule has 0 amide bonds. The standard InChI is InChI=1S/C18H19ClN2/c1-2-14-4-3-5-15-10-12-21(18(14)15)13-11-20-17-8-6-16(19)7-9-17/h3-10,12,20H,2,11,13H2,1H3. The van der Waals surface area contributed by atoms with E-state index in [1.807, 2.05) is 24.3 Å². The van der Waals surface area contributed by atoms with Crippen LogP contribution in [-0.2, 0) is 13.0 Å². The molecule has 0 atom stereocenters. The largest absolute Gasteiger partial charge is 0.383 e. The van der Waals surface area contributed by atoms with Crippen molar-refractivity contribution in [3.63, 3.8) is 0 Å². The molecule has 108 valence electrons. The van der Waals surface area contributed by atoms with Gasteiger partial charge < -0.3 is 9.88 Å². The van der Waals surface area contributed by atoms with Crippen LogP contribution >= 0.6 is 11.6 Å². The molecule has 0 aliphatic heterocycles. The van der Waals surface area contributed by atoms with Gasteiger partial charge in [-0.05, 0) is 47.7 Å². The van der Waals surface area contributed by atoms with E-state index < -0.39 is 0 Å². The number of fused-ring (bicyclic) bond motifs is 1. The summed E-state index contributed by atoms with van der Waals surface area (Å²) < 4.78 is 2.33. The van der Waals surface area contributed by atoms with Crippen molar-refractivity contribution in [1.82, 2.24) is 4.57 Å². The maximum Gasteiger partial charge on any atom is 0.0513 e. The van der Waals surface area contributed by atoms with E-state index >= 15 is 0 Å². The van der Waals surface area contributed by atoms with E-state index in [2.05, 4.69) is 47.3 Å². The highest BCUT2D eigenvalue weighted by molar-refractivity contribution is 6.30. The molecule has 1 heterocycles. The smallest absolute Gasteiger partial charge is 0.0513 e. The van der Waals surface area contributed by atoms with E-state index in [4.69, 9.17) is 11.6 Å². The average Bonchev–Trinajstić information content (AvgIpc) is 2.93. The Bertz CT molecular complexity index is 729. The Morgan fingerprint density at radius 1 is 1.05 bits per heavy atom. The van der Waals surface area contributed by atoms with Crippen LogP contribution in [0.25, 0.3) is 10.9 Å². The highest BCUT2D eigenvalue weighted by Crippen LogP contribution is 2.21. The van der Waals surface area contributed by atoms with Gasteiger partial charge in [-0.1, -0.05) is 36.7 Å². The maximum absolute atomic E-state index is 5.89. The van der Waals surface area contributed by atoms with Gasteiger partial charge in [0, 0.05) is 30.0 Å². The maximum atomic E-state index is 5.89. The van der Waals surface area contributed by atoms with E-state index in [9.17, 15) is 0 Å². The van der Waals surface area contributed by atoms with Crippen molar-refractivity contribution >= 4 is 28.2 Å². The van der Waals surface area contributed by atoms with Crippen LogP contribution in [0, 0.1) is 0 Å². The van der Waals surface area contributed by atoms with Crippen LogP contribution in [0.1, 0.15) is 12.5 Å².